The predicted octanol–water partition coefficient (Wildman–Crippen LogP) is 4.69. The molecule has 0 aromatic heterocycles. The molecule has 0 heterocycles. The Morgan fingerprint density at radius 2 is 1.79 bits per heavy atom. The molecule has 0 aliphatic heterocycles. The van der Waals surface area contributed by atoms with E-state index in [4.69, 9.17) is 17.0 Å². The van der Waals surface area contributed by atoms with Gasteiger partial charge in [-0.2, -0.15) is 0 Å². The highest BCUT2D eigenvalue weighted by Crippen LogP contribution is 2.18. The molecule has 2 aromatic rings. The van der Waals surface area contributed by atoms with Crippen molar-refractivity contribution in [2.45, 2.75) is 27.7 Å². The van der Waals surface area contributed by atoms with E-state index in [0.29, 0.717) is 23.8 Å². The van der Waals surface area contributed by atoms with Gasteiger partial charge < -0.3 is 15.0 Å². The monoisotopic (exact) mass is 399 g/mol. The van der Waals surface area contributed by atoms with Crippen molar-refractivity contribution in [1.29, 1.82) is 0 Å². The number of carbonyl (C=O) groups is 1. The number of hydrogen-bond donors (Lipinski definition) is 2. The summed E-state index contributed by atoms with van der Waals surface area (Å²) in [6.07, 6.45) is 0. The zero-order chi connectivity index (χ0) is 20.5. The summed E-state index contributed by atoms with van der Waals surface area (Å²) in [5.74, 6) is 0.821. The minimum absolute atomic E-state index is 0.258. The Labute approximate surface area is 173 Å². The molecule has 0 bridgehead atoms. The summed E-state index contributed by atoms with van der Waals surface area (Å²) in [6, 6.07) is 15.1. The summed E-state index contributed by atoms with van der Waals surface area (Å²) in [5.41, 5.74) is 2.49. The Hall–Kier alpha value is -2.60. The highest BCUT2D eigenvalue weighted by Gasteiger charge is 2.10. The maximum atomic E-state index is 12.5. The fraction of sp³-hybridized carbons (Fsp3) is 0.364. The minimum atomic E-state index is -0.271. The topological polar surface area (TPSA) is 53.6 Å². The molecule has 0 radical (unpaired) electrons. The largest absolute Gasteiger partial charge is 0.493 e. The van der Waals surface area contributed by atoms with Gasteiger partial charge in [-0.25, -0.2) is 0 Å². The van der Waals surface area contributed by atoms with Crippen molar-refractivity contribution in [1.82, 2.24) is 5.32 Å². The van der Waals surface area contributed by atoms with Crippen LogP contribution >= 0.6 is 12.2 Å². The fourth-order valence-electron chi connectivity index (χ4n) is 2.67. The molecule has 0 spiro atoms. The van der Waals surface area contributed by atoms with Crippen LogP contribution < -0.4 is 20.3 Å². The van der Waals surface area contributed by atoms with Crippen LogP contribution in [0.15, 0.2) is 48.5 Å². The normalized spacial score (nSPS) is 10.5. The first kappa shape index (κ1) is 21.7. The number of hydrogen-bond acceptors (Lipinski definition) is 4. The molecule has 5 nitrogen and oxygen atoms in total. The third-order valence-electron chi connectivity index (χ3n) is 4.16. The number of thiocarbonyl (C=S) groups is 1. The summed E-state index contributed by atoms with van der Waals surface area (Å²) >= 11 is 5.28. The van der Waals surface area contributed by atoms with Crippen molar-refractivity contribution in [2.75, 3.05) is 29.9 Å². The van der Waals surface area contributed by atoms with Crippen molar-refractivity contribution < 1.29 is 9.53 Å². The average molecular weight is 400 g/mol. The molecule has 0 fully saturated rings. The molecular formula is C22H29N3O2S. The zero-order valence-corrected chi connectivity index (χ0v) is 17.8. The maximum Gasteiger partial charge on any atom is 0.257 e. The molecule has 0 unspecified atom stereocenters. The van der Waals surface area contributed by atoms with Crippen LogP contribution in [0.4, 0.5) is 11.4 Å². The Morgan fingerprint density at radius 3 is 2.39 bits per heavy atom. The van der Waals surface area contributed by atoms with Crippen molar-refractivity contribution in [3.05, 3.63) is 54.1 Å². The van der Waals surface area contributed by atoms with E-state index < -0.39 is 0 Å². The lowest BCUT2D eigenvalue weighted by Crippen LogP contribution is -2.34. The van der Waals surface area contributed by atoms with Gasteiger partial charge in [0.15, 0.2) is 5.11 Å². The van der Waals surface area contributed by atoms with Gasteiger partial charge in [0.25, 0.3) is 5.91 Å². The number of rotatable bonds is 8. The highest BCUT2D eigenvalue weighted by atomic mass is 32.1. The van der Waals surface area contributed by atoms with Crippen molar-refractivity contribution >= 4 is 34.6 Å². The zero-order valence-electron chi connectivity index (χ0n) is 17.0. The number of benzene rings is 2. The first-order chi connectivity index (χ1) is 13.4. The number of nitrogens with one attached hydrogen (secondary N) is 2. The van der Waals surface area contributed by atoms with Gasteiger partial charge in [0.1, 0.15) is 5.75 Å². The van der Waals surface area contributed by atoms with Gasteiger partial charge in [-0.15, -0.1) is 0 Å². The van der Waals surface area contributed by atoms with Gasteiger partial charge in [-0.05, 0) is 74.4 Å². The predicted molar refractivity (Wildman–Crippen MR) is 120 cm³/mol. The first-order valence-electron chi connectivity index (χ1n) is 9.63. The molecule has 0 aliphatic rings. The van der Waals surface area contributed by atoms with Crippen LogP contribution in [0.5, 0.6) is 5.75 Å². The molecule has 0 aliphatic carbocycles. The Bertz CT molecular complexity index is 787. The third-order valence-corrected chi connectivity index (χ3v) is 4.36. The quantitative estimate of drug-likeness (QED) is 0.631. The van der Waals surface area contributed by atoms with Crippen LogP contribution in [0.1, 0.15) is 38.1 Å². The second-order valence-electron chi connectivity index (χ2n) is 6.86. The van der Waals surface area contributed by atoms with Gasteiger partial charge in [0.05, 0.1) is 6.61 Å². The summed E-state index contributed by atoms with van der Waals surface area (Å²) < 4.78 is 5.68. The lowest BCUT2D eigenvalue weighted by molar-refractivity contribution is 0.0977. The Kier molecular flexibility index (Phi) is 8.26. The second-order valence-corrected chi connectivity index (χ2v) is 7.27. The molecule has 28 heavy (non-hydrogen) atoms. The Morgan fingerprint density at radius 1 is 1.11 bits per heavy atom. The van der Waals surface area contributed by atoms with Crippen LogP contribution in [0.3, 0.4) is 0 Å². The summed E-state index contributed by atoms with van der Waals surface area (Å²) in [7, 11) is 0. The van der Waals surface area contributed by atoms with Gasteiger partial charge in [-0.1, -0.05) is 19.9 Å². The molecular weight excluding hydrogens is 370 g/mol. The van der Waals surface area contributed by atoms with Crippen LogP contribution in [0, 0.1) is 5.92 Å². The molecule has 0 saturated carbocycles. The highest BCUT2D eigenvalue weighted by molar-refractivity contribution is 7.80. The molecule has 150 valence electrons. The van der Waals surface area contributed by atoms with E-state index in [0.717, 1.165) is 24.5 Å². The molecule has 0 atom stereocenters. The summed E-state index contributed by atoms with van der Waals surface area (Å²) in [6.45, 7) is 10.9. The molecule has 1 amide bonds. The van der Waals surface area contributed by atoms with E-state index in [2.05, 4.69) is 43.2 Å². The smallest absolute Gasteiger partial charge is 0.257 e. The van der Waals surface area contributed by atoms with Crippen molar-refractivity contribution in [3.63, 3.8) is 0 Å². The van der Waals surface area contributed by atoms with Gasteiger partial charge in [0, 0.05) is 30.0 Å². The van der Waals surface area contributed by atoms with E-state index >= 15 is 0 Å². The van der Waals surface area contributed by atoms with E-state index in [-0.39, 0.29) is 11.0 Å². The second kappa shape index (κ2) is 10.7. The van der Waals surface area contributed by atoms with Crippen LogP contribution in [-0.4, -0.2) is 30.7 Å². The van der Waals surface area contributed by atoms with Crippen LogP contribution in [-0.2, 0) is 0 Å². The minimum Gasteiger partial charge on any atom is -0.493 e. The first-order valence-corrected chi connectivity index (χ1v) is 10.0. The summed E-state index contributed by atoms with van der Waals surface area (Å²) in [4.78, 5) is 14.7. The SMILES string of the molecule is CCN(CC)c1ccc(NC(=S)NC(=O)c2cccc(OCC(C)C)c2)cc1. The average Bonchev–Trinajstić information content (AvgIpc) is 2.68. The van der Waals surface area contributed by atoms with Gasteiger partial charge in [-0.3, -0.25) is 10.1 Å². The third kappa shape index (κ3) is 6.53. The number of anilines is 2. The number of nitrogens with zero attached hydrogens (tertiary/aromatic N) is 1. The van der Waals surface area contributed by atoms with E-state index in [9.17, 15) is 4.79 Å². The molecule has 6 heteroatoms. The summed E-state index contributed by atoms with van der Waals surface area (Å²) in [5, 5.41) is 6.02. The van der Waals surface area contributed by atoms with E-state index in [1.807, 2.05) is 30.3 Å². The number of ether oxygens (including phenoxy) is 1. The molecule has 0 saturated heterocycles. The van der Waals surface area contributed by atoms with Crippen LogP contribution in [0.25, 0.3) is 0 Å². The van der Waals surface area contributed by atoms with Gasteiger partial charge >= 0.3 is 0 Å². The lowest BCUT2D eigenvalue weighted by Gasteiger charge is -2.21. The van der Waals surface area contributed by atoms with Crippen molar-refractivity contribution in [3.8, 4) is 5.75 Å². The van der Waals surface area contributed by atoms with E-state index in [1.54, 1.807) is 18.2 Å². The maximum absolute atomic E-state index is 12.5. The van der Waals surface area contributed by atoms with Crippen LogP contribution in [0.2, 0.25) is 0 Å². The lowest BCUT2D eigenvalue weighted by atomic mass is 10.2. The van der Waals surface area contributed by atoms with E-state index in [1.165, 1.54) is 0 Å². The molecule has 2 aromatic carbocycles. The van der Waals surface area contributed by atoms with Gasteiger partial charge in [0.2, 0.25) is 0 Å². The fourth-order valence-corrected chi connectivity index (χ4v) is 2.88. The number of carbonyl (C=O) groups excluding carboxylic acids is 1. The Balaban J connectivity index is 1.94. The molecule has 2 N–H and O–H groups in total. The number of amides is 1. The van der Waals surface area contributed by atoms with Crippen molar-refractivity contribution in [2.24, 2.45) is 5.92 Å². The standard InChI is InChI=1S/C22H29N3O2S/c1-5-25(6-2)19-12-10-18(11-13-19)23-22(28)24-21(26)17-8-7-9-20(14-17)27-15-16(3)4/h7-14,16H,5-6,15H2,1-4H3,(H2,23,24,26,28). The molecule has 2 rings (SSSR count).